The lowest BCUT2D eigenvalue weighted by Gasteiger charge is -2.05. The Kier molecular flexibility index (Phi) is 4.53. The molecule has 0 bridgehead atoms. The monoisotopic (exact) mass is 295 g/mol. The molecular weight excluding hydrogens is 278 g/mol. The van der Waals surface area contributed by atoms with E-state index >= 15 is 0 Å². The van der Waals surface area contributed by atoms with Crippen LogP contribution in [0.15, 0.2) is 39.9 Å². The summed E-state index contributed by atoms with van der Waals surface area (Å²) in [6, 6.07) is 6.74. The van der Waals surface area contributed by atoms with Crippen molar-refractivity contribution >= 4 is 10.0 Å². The number of furan rings is 1. The number of hydrogen-bond donors (Lipinski definition) is 2. The minimum atomic E-state index is -3.62. The molecule has 0 spiro atoms. The summed E-state index contributed by atoms with van der Waals surface area (Å²) in [5.74, 6) is 1.31. The summed E-state index contributed by atoms with van der Waals surface area (Å²) >= 11 is 0. The van der Waals surface area contributed by atoms with Gasteiger partial charge in [0.2, 0.25) is 0 Å². The molecular formula is C13H17N3O3S. The van der Waals surface area contributed by atoms with Gasteiger partial charge in [0.25, 0.3) is 10.0 Å². The van der Waals surface area contributed by atoms with Crippen LogP contribution in [0.1, 0.15) is 17.1 Å². The normalized spacial score (nSPS) is 11.7. The van der Waals surface area contributed by atoms with Crippen molar-refractivity contribution in [3.63, 3.8) is 0 Å². The number of aryl methyl sites for hydroxylation is 1. The van der Waals surface area contributed by atoms with Gasteiger partial charge in [0.1, 0.15) is 11.5 Å². The van der Waals surface area contributed by atoms with Gasteiger partial charge in [-0.25, -0.2) is 18.1 Å². The molecule has 0 aliphatic rings. The molecule has 0 saturated heterocycles. The SMILES string of the molecule is CNCc1ccc(S(=O)(=O)NCc2ccc(C)o2)nc1. The summed E-state index contributed by atoms with van der Waals surface area (Å²) in [5.41, 5.74) is 0.924. The highest BCUT2D eigenvalue weighted by Gasteiger charge is 2.15. The zero-order valence-corrected chi connectivity index (χ0v) is 12.2. The molecule has 7 heteroatoms. The lowest BCUT2D eigenvalue weighted by atomic mass is 10.3. The van der Waals surface area contributed by atoms with Gasteiger partial charge in [0, 0.05) is 12.7 Å². The third kappa shape index (κ3) is 3.66. The quantitative estimate of drug-likeness (QED) is 0.836. The van der Waals surface area contributed by atoms with Crippen molar-refractivity contribution in [3.8, 4) is 0 Å². The van der Waals surface area contributed by atoms with E-state index in [4.69, 9.17) is 4.42 Å². The average molecular weight is 295 g/mol. The first-order valence-electron chi connectivity index (χ1n) is 6.16. The zero-order valence-electron chi connectivity index (χ0n) is 11.4. The van der Waals surface area contributed by atoms with E-state index in [0.717, 1.165) is 11.3 Å². The fraction of sp³-hybridized carbons (Fsp3) is 0.308. The van der Waals surface area contributed by atoms with Gasteiger partial charge in [-0.2, -0.15) is 0 Å². The molecule has 20 heavy (non-hydrogen) atoms. The fourth-order valence-corrected chi connectivity index (χ4v) is 2.62. The van der Waals surface area contributed by atoms with Crippen LogP contribution in [0.3, 0.4) is 0 Å². The van der Waals surface area contributed by atoms with E-state index in [1.54, 1.807) is 31.3 Å². The Morgan fingerprint density at radius 3 is 2.55 bits per heavy atom. The largest absolute Gasteiger partial charge is 0.465 e. The second kappa shape index (κ2) is 6.17. The number of sulfonamides is 1. The maximum Gasteiger partial charge on any atom is 0.258 e. The van der Waals surface area contributed by atoms with Crippen LogP contribution in [0, 0.1) is 6.92 Å². The average Bonchev–Trinajstić information content (AvgIpc) is 2.84. The molecule has 2 N–H and O–H groups in total. The predicted molar refractivity (Wildman–Crippen MR) is 74.5 cm³/mol. The summed E-state index contributed by atoms with van der Waals surface area (Å²) in [4.78, 5) is 3.97. The smallest absolute Gasteiger partial charge is 0.258 e. The van der Waals surface area contributed by atoms with E-state index in [-0.39, 0.29) is 11.6 Å². The molecule has 0 aromatic carbocycles. The second-order valence-electron chi connectivity index (χ2n) is 4.37. The molecule has 2 heterocycles. The van der Waals surface area contributed by atoms with Gasteiger partial charge in [0.05, 0.1) is 6.54 Å². The third-order valence-corrected chi connectivity index (χ3v) is 4.00. The maximum absolute atomic E-state index is 12.1. The fourth-order valence-electron chi connectivity index (χ4n) is 1.70. The van der Waals surface area contributed by atoms with E-state index in [9.17, 15) is 8.42 Å². The first kappa shape index (κ1) is 14.7. The Labute approximate surface area is 118 Å². The number of nitrogens with zero attached hydrogens (tertiary/aromatic N) is 1. The van der Waals surface area contributed by atoms with Gasteiger partial charge < -0.3 is 9.73 Å². The van der Waals surface area contributed by atoms with Crippen molar-refractivity contribution in [1.29, 1.82) is 0 Å². The summed E-state index contributed by atoms with van der Waals surface area (Å²) in [5, 5.41) is 2.97. The lowest BCUT2D eigenvalue weighted by molar-refractivity contribution is 0.475. The zero-order chi connectivity index (χ0) is 14.6. The van der Waals surface area contributed by atoms with Gasteiger partial charge in [-0.1, -0.05) is 6.07 Å². The van der Waals surface area contributed by atoms with Crippen LogP contribution in [-0.2, 0) is 23.1 Å². The molecule has 6 nitrogen and oxygen atoms in total. The molecule has 0 fully saturated rings. The van der Waals surface area contributed by atoms with Crippen LogP contribution in [0.25, 0.3) is 0 Å². The molecule has 108 valence electrons. The molecule has 0 radical (unpaired) electrons. The molecule has 0 unspecified atom stereocenters. The maximum atomic E-state index is 12.1. The summed E-state index contributed by atoms with van der Waals surface area (Å²) in [6.45, 7) is 2.56. The first-order valence-corrected chi connectivity index (χ1v) is 7.64. The van der Waals surface area contributed by atoms with Crippen molar-refractivity contribution in [2.45, 2.75) is 25.0 Å². The van der Waals surface area contributed by atoms with E-state index < -0.39 is 10.0 Å². The standard InChI is InChI=1S/C13H17N3O3S/c1-10-3-5-12(19-10)9-16-20(17,18)13-6-4-11(7-14-2)8-15-13/h3-6,8,14,16H,7,9H2,1-2H3. The van der Waals surface area contributed by atoms with Crippen LogP contribution in [0.5, 0.6) is 0 Å². The Balaban J connectivity index is 2.05. The predicted octanol–water partition coefficient (Wildman–Crippen LogP) is 1.18. The molecule has 0 aliphatic carbocycles. The highest BCUT2D eigenvalue weighted by Crippen LogP contribution is 2.10. The van der Waals surface area contributed by atoms with Crippen LogP contribution in [0.4, 0.5) is 0 Å². The third-order valence-electron chi connectivity index (χ3n) is 2.69. The van der Waals surface area contributed by atoms with Crippen LogP contribution < -0.4 is 10.0 Å². The number of pyridine rings is 1. The Morgan fingerprint density at radius 2 is 2.00 bits per heavy atom. The van der Waals surface area contributed by atoms with Crippen molar-refractivity contribution in [1.82, 2.24) is 15.0 Å². The van der Waals surface area contributed by atoms with E-state index in [0.29, 0.717) is 12.3 Å². The molecule has 2 aromatic heterocycles. The minimum absolute atomic E-state index is 0.000584. The summed E-state index contributed by atoms with van der Waals surface area (Å²) < 4.78 is 31.9. The Morgan fingerprint density at radius 1 is 1.20 bits per heavy atom. The van der Waals surface area contributed by atoms with E-state index in [1.165, 1.54) is 6.07 Å². The number of hydrogen-bond acceptors (Lipinski definition) is 5. The highest BCUT2D eigenvalue weighted by atomic mass is 32.2. The molecule has 2 rings (SSSR count). The van der Waals surface area contributed by atoms with Crippen molar-refractivity contribution < 1.29 is 12.8 Å². The Bertz CT molecular complexity index is 662. The van der Waals surface area contributed by atoms with Gasteiger partial charge >= 0.3 is 0 Å². The summed E-state index contributed by atoms with van der Waals surface area (Å²) in [7, 11) is -1.81. The first-order chi connectivity index (χ1) is 9.51. The van der Waals surface area contributed by atoms with E-state index in [2.05, 4.69) is 15.0 Å². The highest BCUT2D eigenvalue weighted by molar-refractivity contribution is 7.89. The van der Waals surface area contributed by atoms with Gasteiger partial charge in [-0.05, 0) is 37.7 Å². The molecule has 0 amide bonds. The van der Waals surface area contributed by atoms with Crippen LogP contribution in [0.2, 0.25) is 0 Å². The topological polar surface area (TPSA) is 84.2 Å². The minimum Gasteiger partial charge on any atom is -0.465 e. The van der Waals surface area contributed by atoms with Crippen molar-refractivity contribution in [3.05, 3.63) is 47.5 Å². The lowest BCUT2D eigenvalue weighted by Crippen LogP contribution is -2.24. The molecule has 0 atom stereocenters. The van der Waals surface area contributed by atoms with Gasteiger partial charge in [0.15, 0.2) is 5.03 Å². The molecule has 2 aromatic rings. The molecule has 0 saturated carbocycles. The number of nitrogens with one attached hydrogen (secondary N) is 2. The Hall–Kier alpha value is -1.70. The number of aromatic nitrogens is 1. The van der Waals surface area contributed by atoms with Gasteiger partial charge in [-0.15, -0.1) is 0 Å². The van der Waals surface area contributed by atoms with Crippen LogP contribution >= 0.6 is 0 Å². The molecule has 0 aliphatic heterocycles. The van der Waals surface area contributed by atoms with Gasteiger partial charge in [-0.3, -0.25) is 0 Å². The summed E-state index contributed by atoms with van der Waals surface area (Å²) in [6.07, 6.45) is 1.54. The number of rotatable bonds is 6. The van der Waals surface area contributed by atoms with Crippen molar-refractivity contribution in [2.75, 3.05) is 7.05 Å². The van der Waals surface area contributed by atoms with Crippen LogP contribution in [-0.4, -0.2) is 20.4 Å². The second-order valence-corrected chi connectivity index (χ2v) is 6.09. The van der Waals surface area contributed by atoms with Crippen molar-refractivity contribution in [2.24, 2.45) is 0 Å². The van der Waals surface area contributed by atoms with E-state index in [1.807, 2.05) is 7.05 Å².